The van der Waals surface area contributed by atoms with Crippen LogP contribution in [0.15, 0.2) is 16.8 Å². The SMILES string of the molecule is CC(=O)N[C@@H]([C@@H]1OC(C(=O)O)=C[C@H](N=C(N)N)[C@H]1NC(C)=O)[C@H](O)CO.O=C(O)C(F)(F)F. The van der Waals surface area contributed by atoms with E-state index in [4.69, 9.17) is 26.1 Å². The molecule has 33 heavy (non-hydrogen) atoms. The molecule has 0 aromatic rings. The van der Waals surface area contributed by atoms with Gasteiger partial charge >= 0.3 is 18.1 Å². The number of alkyl halides is 3. The number of halogens is 3. The summed E-state index contributed by atoms with van der Waals surface area (Å²) in [5.74, 6) is -6.18. The minimum absolute atomic E-state index is 0.370. The lowest BCUT2D eigenvalue weighted by molar-refractivity contribution is -0.192. The maximum Gasteiger partial charge on any atom is 0.490 e. The second kappa shape index (κ2) is 12.4. The number of carboxylic acids is 2. The van der Waals surface area contributed by atoms with E-state index in [2.05, 4.69) is 15.6 Å². The fourth-order valence-corrected chi connectivity index (χ4v) is 2.57. The molecule has 1 heterocycles. The summed E-state index contributed by atoms with van der Waals surface area (Å²) in [6.45, 7) is 1.61. The molecule has 0 spiro atoms. The Morgan fingerprint density at radius 2 is 1.70 bits per heavy atom. The number of nitrogens with one attached hydrogen (secondary N) is 2. The van der Waals surface area contributed by atoms with Crippen LogP contribution < -0.4 is 22.1 Å². The van der Waals surface area contributed by atoms with Gasteiger partial charge in [0.25, 0.3) is 0 Å². The first-order chi connectivity index (χ1) is 15.0. The second-order valence-corrected chi connectivity index (χ2v) is 6.47. The van der Waals surface area contributed by atoms with E-state index in [1.807, 2.05) is 0 Å². The summed E-state index contributed by atoms with van der Waals surface area (Å²) in [7, 11) is 0. The van der Waals surface area contributed by atoms with Gasteiger partial charge in [-0.3, -0.25) is 9.59 Å². The Bertz CT molecular complexity index is 799. The lowest BCUT2D eigenvalue weighted by atomic mass is 9.90. The van der Waals surface area contributed by atoms with E-state index in [9.17, 15) is 42.9 Å². The quantitative estimate of drug-likeness (QED) is 0.133. The molecule has 0 radical (unpaired) electrons. The number of aliphatic carboxylic acids is 2. The molecule has 5 atom stereocenters. The Morgan fingerprint density at radius 1 is 1.18 bits per heavy atom. The van der Waals surface area contributed by atoms with E-state index in [-0.39, 0.29) is 5.96 Å². The zero-order valence-electron chi connectivity index (χ0n) is 17.2. The average Bonchev–Trinajstić information content (AvgIpc) is 2.65. The summed E-state index contributed by atoms with van der Waals surface area (Å²) in [6, 6.07) is -3.33. The van der Waals surface area contributed by atoms with Crippen LogP contribution in [0, 0.1) is 0 Å². The predicted octanol–water partition coefficient (Wildman–Crippen LogP) is -3.01. The maximum atomic E-state index is 11.6. The Labute approximate surface area is 184 Å². The van der Waals surface area contributed by atoms with Crippen LogP contribution in [-0.2, 0) is 23.9 Å². The predicted molar refractivity (Wildman–Crippen MR) is 102 cm³/mol. The van der Waals surface area contributed by atoms with Crippen LogP contribution in [0.5, 0.6) is 0 Å². The number of hydrogen-bond donors (Lipinski definition) is 8. The van der Waals surface area contributed by atoms with Crippen LogP contribution in [-0.4, -0.2) is 93.3 Å². The highest BCUT2D eigenvalue weighted by Gasteiger charge is 2.44. The Morgan fingerprint density at radius 3 is 2.03 bits per heavy atom. The van der Waals surface area contributed by atoms with Gasteiger partial charge in [0.05, 0.1) is 24.7 Å². The third-order valence-corrected chi connectivity index (χ3v) is 3.75. The number of rotatable bonds is 7. The molecule has 0 fully saturated rings. The molecule has 0 unspecified atom stereocenters. The summed E-state index contributed by atoms with van der Waals surface area (Å²) in [5, 5.41) is 40.6. The fraction of sp³-hybridized carbons (Fsp3) is 0.562. The van der Waals surface area contributed by atoms with E-state index in [0.29, 0.717) is 0 Å². The first-order valence-electron chi connectivity index (χ1n) is 8.85. The van der Waals surface area contributed by atoms with Crippen molar-refractivity contribution < 1.29 is 57.5 Å². The van der Waals surface area contributed by atoms with Crippen LogP contribution >= 0.6 is 0 Å². The zero-order valence-corrected chi connectivity index (χ0v) is 17.2. The van der Waals surface area contributed by atoms with E-state index >= 15 is 0 Å². The van der Waals surface area contributed by atoms with E-state index in [1.54, 1.807) is 0 Å². The van der Waals surface area contributed by atoms with Crippen LogP contribution in [0.25, 0.3) is 0 Å². The number of amides is 2. The van der Waals surface area contributed by atoms with Crippen molar-refractivity contribution in [1.82, 2.24) is 10.6 Å². The number of carboxylic acid groups (broad SMARTS) is 2. The molecule has 0 aromatic heterocycles. The number of aliphatic imine (C=N–C) groups is 1. The molecule has 17 heteroatoms. The summed E-state index contributed by atoms with van der Waals surface area (Å²) in [6.07, 6.45) is -6.78. The van der Waals surface area contributed by atoms with Crippen molar-refractivity contribution in [2.75, 3.05) is 6.61 Å². The second-order valence-electron chi connectivity index (χ2n) is 6.47. The third-order valence-electron chi connectivity index (χ3n) is 3.75. The fourth-order valence-electron chi connectivity index (χ4n) is 2.57. The molecule has 1 aliphatic heterocycles. The molecule has 0 aliphatic carbocycles. The van der Waals surface area contributed by atoms with Gasteiger partial charge in [0, 0.05) is 13.8 Å². The lowest BCUT2D eigenvalue weighted by Gasteiger charge is -2.40. The molecule has 0 saturated heterocycles. The summed E-state index contributed by atoms with van der Waals surface area (Å²) in [5.41, 5.74) is 10.7. The maximum absolute atomic E-state index is 11.6. The van der Waals surface area contributed by atoms with E-state index in [0.717, 1.165) is 13.0 Å². The Kier molecular flexibility index (Phi) is 11.1. The Balaban J connectivity index is 0.00000126. The molecule has 1 aliphatic rings. The van der Waals surface area contributed by atoms with Crippen LogP contribution in [0.4, 0.5) is 13.2 Å². The van der Waals surface area contributed by atoms with Crippen molar-refractivity contribution in [3.05, 3.63) is 11.8 Å². The summed E-state index contributed by atoms with van der Waals surface area (Å²) >= 11 is 0. The number of nitrogens with two attached hydrogens (primary N) is 2. The van der Waals surface area contributed by atoms with Crippen LogP contribution in [0.1, 0.15) is 13.8 Å². The standard InChI is InChI=1S/C14H23N5O7.C2HF3O2/c1-5(21)17-10-7(19-14(15)16)3-9(13(24)25)26-12(10)11(8(23)4-20)18-6(2)22;3-2(4,5)1(6)7/h3,7-8,10-12,20,23H,4H2,1-2H3,(H,17,21)(H,18,22)(H,24,25)(H4,15,16,19);(H,6,7)/t7-,8+,10+,11+,12+;/m0./s1. The van der Waals surface area contributed by atoms with Gasteiger partial charge in [-0.1, -0.05) is 0 Å². The number of ether oxygens (including phenoxy) is 1. The van der Waals surface area contributed by atoms with Crippen molar-refractivity contribution in [3.8, 4) is 0 Å². The first-order valence-corrected chi connectivity index (χ1v) is 8.85. The van der Waals surface area contributed by atoms with E-state index < -0.39 is 72.6 Å². The molecule has 188 valence electrons. The van der Waals surface area contributed by atoms with Gasteiger partial charge in [0.15, 0.2) is 5.96 Å². The molecule has 0 bridgehead atoms. The smallest absolute Gasteiger partial charge is 0.479 e. The largest absolute Gasteiger partial charge is 0.490 e. The van der Waals surface area contributed by atoms with Gasteiger partial charge in [0.2, 0.25) is 17.6 Å². The molecule has 1 rings (SSSR count). The lowest BCUT2D eigenvalue weighted by Crippen LogP contribution is -2.64. The molecule has 10 N–H and O–H groups in total. The highest BCUT2D eigenvalue weighted by Crippen LogP contribution is 2.25. The molecular weight excluding hydrogens is 463 g/mol. The number of carbonyl (C=O) groups is 4. The zero-order chi connectivity index (χ0) is 26.1. The molecule has 14 nitrogen and oxygen atoms in total. The molecular formula is C16H24F3N5O9. The topological polar surface area (TPSA) is 247 Å². The van der Waals surface area contributed by atoms with Gasteiger partial charge in [0.1, 0.15) is 12.2 Å². The van der Waals surface area contributed by atoms with E-state index in [1.165, 1.54) is 6.92 Å². The number of hydrogen-bond acceptors (Lipinski definition) is 8. The highest BCUT2D eigenvalue weighted by atomic mass is 19.4. The number of aliphatic hydroxyl groups excluding tert-OH is 2. The highest BCUT2D eigenvalue weighted by molar-refractivity contribution is 5.85. The van der Waals surface area contributed by atoms with Gasteiger partial charge in [-0.15, -0.1) is 0 Å². The van der Waals surface area contributed by atoms with Crippen LogP contribution in [0.2, 0.25) is 0 Å². The number of carbonyl (C=O) groups excluding carboxylic acids is 2. The van der Waals surface area contributed by atoms with Crippen molar-refractivity contribution in [2.45, 2.75) is 50.4 Å². The van der Waals surface area contributed by atoms with Crippen molar-refractivity contribution in [1.29, 1.82) is 0 Å². The first kappa shape index (κ1) is 29.4. The van der Waals surface area contributed by atoms with Crippen molar-refractivity contribution in [3.63, 3.8) is 0 Å². The van der Waals surface area contributed by atoms with Crippen LogP contribution in [0.3, 0.4) is 0 Å². The molecule has 0 saturated carbocycles. The average molecular weight is 487 g/mol. The van der Waals surface area contributed by atoms with Gasteiger partial charge < -0.3 is 47.3 Å². The van der Waals surface area contributed by atoms with Crippen molar-refractivity contribution >= 4 is 29.7 Å². The Hall–Kier alpha value is -3.60. The number of nitrogens with zero attached hydrogens (tertiary/aromatic N) is 1. The molecule has 0 aromatic carbocycles. The summed E-state index contributed by atoms with van der Waals surface area (Å²) < 4.78 is 37.1. The number of guanidine groups is 1. The van der Waals surface area contributed by atoms with Crippen molar-refractivity contribution in [2.24, 2.45) is 16.5 Å². The molecule has 2 amide bonds. The monoisotopic (exact) mass is 487 g/mol. The minimum Gasteiger partial charge on any atom is -0.479 e. The normalized spacial score (nSPS) is 21.5. The van der Waals surface area contributed by atoms with Gasteiger partial charge in [-0.2, -0.15) is 13.2 Å². The third kappa shape index (κ3) is 10.0. The number of aliphatic hydroxyl groups is 2. The minimum atomic E-state index is -5.08. The summed E-state index contributed by atoms with van der Waals surface area (Å²) in [4.78, 5) is 47.2. The van der Waals surface area contributed by atoms with Gasteiger partial charge in [-0.05, 0) is 6.08 Å². The van der Waals surface area contributed by atoms with Gasteiger partial charge in [-0.25, -0.2) is 14.6 Å².